The van der Waals surface area contributed by atoms with Crippen molar-refractivity contribution >= 4 is 28.9 Å². The van der Waals surface area contributed by atoms with Gasteiger partial charge in [-0.3, -0.25) is 10.1 Å². The molecule has 7 nitrogen and oxygen atoms in total. The zero-order valence-electron chi connectivity index (χ0n) is 12.4. The molecule has 0 amide bonds. The number of nitro groups is 1. The maximum Gasteiger partial charge on any atom is 0.311 e. The molecular formula is C15H16ClN5O2. The molecule has 23 heavy (non-hydrogen) atoms. The summed E-state index contributed by atoms with van der Waals surface area (Å²) in [5, 5.41) is 14.8. The van der Waals surface area contributed by atoms with E-state index in [1.807, 2.05) is 11.0 Å². The highest BCUT2D eigenvalue weighted by molar-refractivity contribution is 6.29. The Hall–Kier alpha value is -2.41. The quantitative estimate of drug-likeness (QED) is 0.513. The van der Waals surface area contributed by atoms with Gasteiger partial charge in [-0.1, -0.05) is 17.7 Å². The monoisotopic (exact) mass is 333 g/mol. The van der Waals surface area contributed by atoms with Gasteiger partial charge in [0.25, 0.3) is 0 Å². The van der Waals surface area contributed by atoms with Gasteiger partial charge in [-0.05, 0) is 30.5 Å². The van der Waals surface area contributed by atoms with E-state index in [1.165, 1.54) is 6.07 Å². The SMILES string of the molecule is O=[N+]([O-])c1ccc(NCc2ccc(Cl)nc2)nc1N1CCCC1. The molecule has 0 unspecified atom stereocenters. The van der Waals surface area contributed by atoms with E-state index in [4.69, 9.17) is 11.6 Å². The second-order valence-electron chi connectivity index (χ2n) is 5.33. The average Bonchev–Trinajstić information content (AvgIpc) is 3.08. The molecule has 3 rings (SSSR count). The van der Waals surface area contributed by atoms with Crippen molar-refractivity contribution in [2.75, 3.05) is 23.3 Å². The van der Waals surface area contributed by atoms with E-state index in [-0.39, 0.29) is 10.6 Å². The number of nitrogens with zero attached hydrogens (tertiary/aromatic N) is 4. The Morgan fingerprint density at radius 2 is 2.04 bits per heavy atom. The summed E-state index contributed by atoms with van der Waals surface area (Å²) in [4.78, 5) is 21.2. The van der Waals surface area contributed by atoms with E-state index in [9.17, 15) is 10.1 Å². The lowest BCUT2D eigenvalue weighted by molar-refractivity contribution is -0.384. The molecule has 1 saturated heterocycles. The Kier molecular flexibility index (Phi) is 4.57. The van der Waals surface area contributed by atoms with Gasteiger partial charge in [0.1, 0.15) is 11.0 Å². The van der Waals surface area contributed by atoms with Gasteiger partial charge in [-0.15, -0.1) is 0 Å². The number of pyridine rings is 2. The van der Waals surface area contributed by atoms with E-state index in [0.29, 0.717) is 23.3 Å². The van der Waals surface area contributed by atoms with Crippen molar-refractivity contribution in [1.82, 2.24) is 9.97 Å². The van der Waals surface area contributed by atoms with Gasteiger partial charge in [0.2, 0.25) is 5.82 Å². The second-order valence-corrected chi connectivity index (χ2v) is 5.72. The lowest BCUT2D eigenvalue weighted by Gasteiger charge is -2.17. The third-order valence-electron chi connectivity index (χ3n) is 3.72. The van der Waals surface area contributed by atoms with Crippen LogP contribution in [0.4, 0.5) is 17.3 Å². The Bertz CT molecular complexity index is 702. The summed E-state index contributed by atoms with van der Waals surface area (Å²) < 4.78 is 0. The predicted molar refractivity (Wildman–Crippen MR) is 88.9 cm³/mol. The van der Waals surface area contributed by atoms with Crippen LogP contribution in [0.5, 0.6) is 0 Å². The number of hydrogen-bond acceptors (Lipinski definition) is 6. The van der Waals surface area contributed by atoms with Gasteiger partial charge < -0.3 is 10.2 Å². The molecule has 120 valence electrons. The molecule has 2 aromatic heterocycles. The third kappa shape index (κ3) is 3.68. The second kappa shape index (κ2) is 6.78. The zero-order valence-corrected chi connectivity index (χ0v) is 13.2. The van der Waals surface area contributed by atoms with Crippen LogP contribution in [0, 0.1) is 10.1 Å². The summed E-state index contributed by atoms with van der Waals surface area (Å²) in [6, 6.07) is 6.72. The molecule has 1 fully saturated rings. The van der Waals surface area contributed by atoms with Crippen LogP contribution < -0.4 is 10.2 Å². The molecule has 1 aliphatic heterocycles. The normalized spacial score (nSPS) is 14.0. The molecule has 0 radical (unpaired) electrons. The molecule has 0 saturated carbocycles. The summed E-state index contributed by atoms with van der Waals surface area (Å²) in [6.45, 7) is 2.13. The molecule has 0 aliphatic carbocycles. The van der Waals surface area contributed by atoms with Gasteiger partial charge in [0.05, 0.1) is 4.92 Å². The number of hydrogen-bond donors (Lipinski definition) is 1. The highest BCUT2D eigenvalue weighted by Crippen LogP contribution is 2.30. The van der Waals surface area contributed by atoms with Gasteiger partial charge >= 0.3 is 5.69 Å². The Balaban J connectivity index is 1.78. The number of anilines is 2. The first kappa shape index (κ1) is 15.5. The van der Waals surface area contributed by atoms with Crippen molar-refractivity contribution in [1.29, 1.82) is 0 Å². The minimum atomic E-state index is -0.381. The first-order valence-corrected chi connectivity index (χ1v) is 7.76. The first-order valence-electron chi connectivity index (χ1n) is 7.38. The van der Waals surface area contributed by atoms with Crippen LogP contribution in [0.25, 0.3) is 0 Å². The minimum absolute atomic E-state index is 0.0469. The van der Waals surface area contributed by atoms with Crippen molar-refractivity contribution in [3.8, 4) is 0 Å². The van der Waals surface area contributed by atoms with Crippen LogP contribution in [-0.4, -0.2) is 28.0 Å². The average molecular weight is 334 g/mol. The molecule has 0 aromatic carbocycles. The van der Waals surface area contributed by atoms with Gasteiger partial charge in [-0.2, -0.15) is 0 Å². The Labute approximate surface area is 138 Å². The summed E-state index contributed by atoms with van der Waals surface area (Å²) in [7, 11) is 0. The van der Waals surface area contributed by atoms with E-state index in [2.05, 4.69) is 15.3 Å². The van der Waals surface area contributed by atoms with E-state index < -0.39 is 0 Å². The van der Waals surface area contributed by atoms with E-state index in [1.54, 1.807) is 18.3 Å². The molecule has 1 N–H and O–H groups in total. The van der Waals surface area contributed by atoms with Crippen molar-refractivity contribution in [2.45, 2.75) is 19.4 Å². The van der Waals surface area contributed by atoms with Crippen LogP contribution in [0.1, 0.15) is 18.4 Å². The summed E-state index contributed by atoms with van der Waals surface area (Å²) in [5.41, 5.74) is 1.00. The number of aromatic nitrogens is 2. The van der Waals surface area contributed by atoms with Gasteiger partial charge in [-0.25, -0.2) is 9.97 Å². The van der Waals surface area contributed by atoms with Crippen LogP contribution >= 0.6 is 11.6 Å². The fourth-order valence-corrected chi connectivity index (χ4v) is 2.66. The lowest BCUT2D eigenvalue weighted by atomic mass is 10.3. The molecule has 1 aliphatic rings. The van der Waals surface area contributed by atoms with Crippen molar-refractivity contribution in [3.05, 3.63) is 51.3 Å². The third-order valence-corrected chi connectivity index (χ3v) is 3.94. The first-order chi connectivity index (χ1) is 11.1. The molecule has 0 spiro atoms. The van der Waals surface area contributed by atoms with Gasteiger partial charge in [0, 0.05) is 31.9 Å². The minimum Gasteiger partial charge on any atom is -0.366 e. The van der Waals surface area contributed by atoms with Crippen LogP contribution in [-0.2, 0) is 6.54 Å². The lowest BCUT2D eigenvalue weighted by Crippen LogP contribution is -2.20. The summed E-state index contributed by atoms with van der Waals surface area (Å²) >= 11 is 5.76. The fraction of sp³-hybridized carbons (Fsp3) is 0.333. The standard InChI is InChI=1S/C15H16ClN5O2/c16-13-5-3-11(9-17-13)10-18-14-6-4-12(21(22)23)15(19-14)20-7-1-2-8-20/h3-6,9H,1-2,7-8,10H2,(H,18,19). The molecule has 2 aromatic rings. The number of nitrogens with one attached hydrogen (secondary N) is 1. The van der Waals surface area contributed by atoms with Crippen LogP contribution in [0.2, 0.25) is 5.15 Å². The van der Waals surface area contributed by atoms with Crippen molar-refractivity contribution < 1.29 is 4.92 Å². The number of halogens is 1. The number of rotatable bonds is 5. The maximum atomic E-state index is 11.2. The predicted octanol–water partition coefficient (Wildman–Crippen LogP) is 3.25. The van der Waals surface area contributed by atoms with E-state index in [0.717, 1.165) is 31.5 Å². The Morgan fingerprint density at radius 1 is 1.26 bits per heavy atom. The molecular weight excluding hydrogens is 318 g/mol. The van der Waals surface area contributed by atoms with Crippen molar-refractivity contribution in [3.63, 3.8) is 0 Å². The Morgan fingerprint density at radius 3 is 2.70 bits per heavy atom. The zero-order chi connectivity index (χ0) is 16.2. The smallest absolute Gasteiger partial charge is 0.311 e. The molecule has 0 atom stereocenters. The van der Waals surface area contributed by atoms with Gasteiger partial charge in [0.15, 0.2) is 0 Å². The van der Waals surface area contributed by atoms with Crippen LogP contribution in [0.3, 0.4) is 0 Å². The fourth-order valence-electron chi connectivity index (χ4n) is 2.55. The molecule has 8 heteroatoms. The summed E-state index contributed by atoms with van der Waals surface area (Å²) in [5.74, 6) is 1.04. The molecule has 0 bridgehead atoms. The molecule has 3 heterocycles. The highest BCUT2D eigenvalue weighted by atomic mass is 35.5. The van der Waals surface area contributed by atoms with Crippen molar-refractivity contribution in [2.24, 2.45) is 0 Å². The maximum absolute atomic E-state index is 11.2. The van der Waals surface area contributed by atoms with Crippen LogP contribution in [0.15, 0.2) is 30.5 Å². The summed E-state index contributed by atoms with van der Waals surface area (Å²) in [6.07, 6.45) is 3.75. The van der Waals surface area contributed by atoms with E-state index >= 15 is 0 Å². The highest BCUT2D eigenvalue weighted by Gasteiger charge is 2.24. The topological polar surface area (TPSA) is 84.2 Å². The largest absolute Gasteiger partial charge is 0.366 e.